The van der Waals surface area contributed by atoms with Gasteiger partial charge in [0.15, 0.2) is 0 Å². The molecule has 98 valence electrons. The normalized spacial score (nSPS) is 9.53. The number of anilines is 1. The van der Waals surface area contributed by atoms with Crippen LogP contribution in [0.25, 0.3) is 0 Å². The average Bonchev–Trinajstić information content (AvgIpc) is 2.30. The molecule has 1 aromatic rings. The van der Waals surface area contributed by atoms with Crippen molar-refractivity contribution in [3.05, 3.63) is 29.8 Å². The lowest BCUT2D eigenvalue weighted by Gasteiger charge is -2.08. The predicted octanol–water partition coefficient (Wildman–Crippen LogP) is 4.51. The molecular formula is C15H27NO. The maximum Gasteiger partial charge on any atom is 0.226 e. The van der Waals surface area contributed by atoms with Gasteiger partial charge in [-0.3, -0.25) is 4.79 Å². The molecule has 2 heteroatoms. The van der Waals surface area contributed by atoms with Crippen LogP contribution in [0.5, 0.6) is 0 Å². The number of rotatable bonds is 3. The molecule has 0 aromatic heterocycles. The van der Waals surface area contributed by atoms with Crippen LogP contribution in [0.3, 0.4) is 0 Å². The van der Waals surface area contributed by atoms with E-state index in [1.807, 2.05) is 32.0 Å². The van der Waals surface area contributed by atoms with Gasteiger partial charge >= 0.3 is 0 Å². The van der Waals surface area contributed by atoms with Crippen molar-refractivity contribution in [2.75, 3.05) is 5.32 Å². The fraction of sp³-hybridized carbons (Fsp3) is 0.533. The Kier molecular flexibility index (Phi) is 8.12. The molecule has 0 aliphatic heterocycles. The molecule has 0 aliphatic rings. The van der Waals surface area contributed by atoms with Crippen LogP contribution in [0.2, 0.25) is 0 Å². The second-order valence-corrected chi connectivity index (χ2v) is 4.40. The number of aryl methyl sites for hydroxylation is 1. The van der Waals surface area contributed by atoms with Crippen LogP contribution >= 0.6 is 0 Å². The molecule has 0 spiro atoms. The number of nitrogens with one attached hydrogen (secondary N) is 1. The average molecular weight is 237 g/mol. The first kappa shape index (κ1) is 15.7. The Morgan fingerprint density at radius 3 is 2.35 bits per heavy atom. The molecule has 1 amide bonds. The number of benzene rings is 1. The van der Waals surface area contributed by atoms with E-state index in [-0.39, 0.29) is 13.3 Å². The van der Waals surface area contributed by atoms with Gasteiger partial charge in [-0.2, -0.15) is 0 Å². The zero-order chi connectivity index (χ0) is 13.3. The molecule has 0 aliphatic carbocycles. The van der Waals surface area contributed by atoms with Gasteiger partial charge in [0.1, 0.15) is 0 Å². The summed E-state index contributed by atoms with van der Waals surface area (Å²) in [5.41, 5.74) is 2.13. The number of hydrogen-bond acceptors (Lipinski definition) is 1. The van der Waals surface area contributed by atoms with Crippen molar-refractivity contribution in [1.82, 2.24) is 0 Å². The molecule has 0 atom stereocenters. The minimum atomic E-state index is 0. The predicted molar refractivity (Wildman–Crippen MR) is 77.4 cm³/mol. The molecule has 17 heavy (non-hydrogen) atoms. The lowest BCUT2D eigenvalue weighted by atomic mass is 10.1. The lowest BCUT2D eigenvalue weighted by Crippen LogP contribution is -2.17. The van der Waals surface area contributed by atoms with Crippen molar-refractivity contribution in [2.24, 2.45) is 5.92 Å². The van der Waals surface area contributed by atoms with Gasteiger partial charge in [-0.25, -0.2) is 0 Å². The summed E-state index contributed by atoms with van der Waals surface area (Å²) in [5.74, 6) is 0.0959. The quantitative estimate of drug-likeness (QED) is 0.823. The van der Waals surface area contributed by atoms with Crippen LogP contribution in [0, 0.1) is 5.92 Å². The van der Waals surface area contributed by atoms with Crippen molar-refractivity contribution in [2.45, 2.75) is 47.5 Å². The molecule has 0 bridgehead atoms. The second kappa shape index (κ2) is 8.80. The summed E-state index contributed by atoms with van der Waals surface area (Å²) < 4.78 is 0. The molecular weight excluding hydrogens is 210 g/mol. The standard InChI is InChI=1S/C12H17NO.C3H8.H2/c1-4-10-6-5-7-11(8-10)13-12(14)9(2)3;1-3-2;/h5-9H,4H2,1-3H3,(H,13,14);3H2,1-2H3;1H. The van der Waals surface area contributed by atoms with Gasteiger partial charge in [0.25, 0.3) is 0 Å². The smallest absolute Gasteiger partial charge is 0.226 e. The van der Waals surface area contributed by atoms with Gasteiger partial charge in [-0.1, -0.05) is 53.2 Å². The highest BCUT2D eigenvalue weighted by atomic mass is 16.1. The first-order valence-electron chi connectivity index (χ1n) is 6.44. The van der Waals surface area contributed by atoms with Crippen molar-refractivity contribution >= 4 is 11.6 Å². The zero-order valence-electron chi connectivity index (χ0n) is 11.7. The summed E-state index contributed by atoms with van der Waals surface area (Å²) in [6.45, 7) is 10.1. The highest BCUT2D eigenvalue weighted by molar-refractivity contribution is 5.92. The Hall–Kier alpha value is -1.31. The molecule has 0 fully saturated rings. The highest BCUT2D eigenvalue weighted by Gasteiger charge is 2.06. The van der Waals surface area contributed by atoms with Crippen LogP contribution < -0.4 is 5.32 Å². The summed E-state index contributed by atoms with van der Waals surface area (Å²) >= 11 is 0. The third-order valence-corrected chi connectivity index (χ3v) is 2.13. The van der Waals surface area contributed by atoms with Gasteiger partial charge in [-0.05, 0) is 24.1 Å². The van der Waals surface area contributed by atoms with Crippen LogP contribution in [0.1, 0.15) is 48.0 Å². The molecule has 1 rings (SSSR count). The van der Waals surface area contributed by atoms with Gasteiger partial charge in [0.05, 0.1) is 0 Å². The fourth-order valence-electron chi connectivity index (χ4n) is 1.16. The Balaban J connectivity index is 0. The summed E-state index contributed by atoms with van der Waals surface area (Å²) in [6.07, 6.45) is 2.24. The minimum Gasteiger partial charge on any atom is -0.326 e. The minimum absolute atomic E-state index is 0. The van der Waals surface area contributed by atoms with Crippen LogP contribution in [0.15, 0.2) is 24.3 Å². The summed E-state index contributed by atoms with van der Waals surface area (Å²) in [6, 6.07) is 7.96. The Bertz CT molecular complexity index is 337. The molecule has 1 aromatic carbocycles. The Labute approximate surface area is 107 Å². The Morgan fingerprint density at radius 2 is 1.88 bits per heavy atom. The first-order valence-corrected chi connectivity index (χ1v) is 6.44. The van der Waals surface area contributed by atoms with E-state index >= 15 is 0 Å². The van der Waals surface area contributed by atoms with Crippen LogP contribution in [0.4, 0.5) is 5.69 Å². The molecule has 1 N–H and O–H groups in total. The van der Waals surface area contributed by atoms with Gasteiger partial charge < -0.3 is 5.32 Å². The van der Waals surface area contributed by atoms with Crippen LogP contribution in [-0.4, -0.2) is 5.91 Å². The van der Waals surface area contributed by atoms with Gasteiger partial charge in [0.2, 0.25) is 5.91 Å². The van der Waals surface area contributed by atoms with Crippen molar-refractivity contribution in [3.8, 4) is 0 Å². The second-order valence-electron chi connectivity index (χ2n) is 4.40. The van der Waals surface area contributed by atoms with E-state index in [1.54, 1.807) is 0 Å². The molecule has 0 saturated carbocycles. The monoisotopic (exact) mass is 237 g/mol. The number of hydrogen-bond donors (Lipinski definition) is 1. The number of carbonyl (C=O) groups is 1. The van der Waals surface area contributed by atoms with E-state index in [4.69, 9.17) is 0 Å². The summed E-state index contributed by atoms with van der Waals surface area (Å²) in [7, 11) is 0. The SMILES string of the molecule is CCC.CCc1cccc(NC(=O)C(C)C)c1.[HH]. The van der Waals surface area contributed by atoms with E-state index in [9.17, 15) is 4.79 Å². The number of amides is 1. The lowest BCUT2D eigenvalue weighted by molar-refractivity contribution is -0.118. The third-order valence-electron chi connectivity index (χ3n) is 2.13. The largest absolute Gasteiger partial charge is 0.326 e. The maximum atomic E-state index is 11.4. The van der Waals surface area contributed by atoms with Crippen molar-refractivity contribution < 1.29 is 6.22 Å². The number of carbonyl (C=O) groups excluding carboxylic acids is 1. The van der Waals surface area contributed by atoms with Crippen molar-refractivity contribution in [3.63, 3.8) is 0 Å². The van der Waals surface area contributed by atoms with E-state index in [2.05, 4.69) is 32.2 Å². The Morgan fingerprint density at radius 1 is 1.29 bits per heavy atom. The zero-order valence-corrected chi connectivity index (χ0v) is 11.7. The summed E-state index contributed by atoms with van der Waals surface area (Å²) in [4.78, 5) is 11.4. The molecule has 2 nitrogen and oxygen atoms in total. The van der Waals surface area contributed by atoms with Gasteiger partial charge in [-0.15, -0.1) is 0 Å². The first-order chi connectivity index (χ1) is 8.04. The third kappa shape index (κ3) is 6.77. The topological polar surface area (TPSA) is 29.1 Å². The maximum absolute atomic E-state index is 11.4. The summed E-state index contributed by atoms with van der Waals surface area (Å²) in [5, 5.41) is 2.88. The van der Waals surface area contributed by atoms with Gasteiger partial charge in [0, 0.05) is 13.0 Å². The fourth-order valence-corrected chi connectivity index (χ4v) is 1.16. The molecule has 0 heterocycles. The molecule has 0 radical (unpaired) electrons. The molecule has 0 unspecified atom stereocenters. The highest BCUT2D eigenvalue weighted by Crippen LogP contribution is 2.12. The van der Waals surface area contributed by atoms with E-state index in [0.29, 0.717) is 0 Å². The van der Waals surface area contributed by atoms with E-state index < -0.39 is 0 Å². The van der Waals surface area contributed by atoms with Crippen molar-refractivity contribution in [1.29, 1.82) is 0 Å². The van der Waals surface area contributed by atoms with Crippen LogP contribution in [-0.2, 0) is 11.2 Å². The molecule has 0 saturated heterocycles. The van der Waals surface area contributed by atoms with E-state index in [0.717, 1.165) is 12.1 Å². The van der Waals surface area contributed by atoms with E-state index in [1.165, 1.54) is 12.0 Å².